The van der Waals surface area contributed by atoms with Crippen LogP contribution in [-0.2, 0) is 33.4 Å². The van der Waals surface area contributed by atoms with E-state index in [4.69, 9.17) is 19.9 Å². The van der Waals surface area contributed by atoms with Crippen LogP contribution >= 0.6 is 0 Å². The van der Waals surface area contributed by atoms with Gasteiger partial charge in [-0.15, -0.1) is 0 Å². The van der Waals surface area contributed by atoms with Crippen molar-refractivity contribution in [3.63, 3.8) is 0 Å². The maximum Gasteiger partial charge on any atom is 0.309 e. The topological polar surface area (TPSA) is 142 Å². The molecule has 1 amide bonds. The fourth-order valence-electron chi connectivity index (χ4n) is 9.24. The van der Waals surface area contributed by atoms with Gasteiger partial charge in [0.25, 0.3) is 0 Å². The van der Waals surface area contributed by atoms with E-state index >= 15 is 0 Å². The van der Waals surface area contributed by atoms with Gasteiger partial charge in [0.2, 0.25) is 5.91 Å². The summed E-state index contributed by atoms with van der Waals surface area (Å²) in [7, 11) is 4.62. The first-order valence-corrected chi connectivity index (χ1v) is 24.0. The molecule has 0 aromatic carbocycles. The first-order chi connectivity index (χ1) is 27.7. The number of hydrogen-bond donors (Lipinski definition) is 2. The Morgan fingerprint density at radius 2 is 1.24 bits per heavy atom. The number of quaternary nitrogens is 1. The van der Waals surface area contributed by atoms with Gasteiger partial charge in [-0.2, -0.15) is 0 Å². The average molecular weight is 824 g/mol. The maximum absolute atomic E-state index is 13.7. The molecule has 8 unspecified atom stereocenters. The molecule has 0 saturated carbocycles. The third-order valence-corrected chi connectivity index (χ3v) is 12.6. The molecule has 1 aliphatic rings. The van der Waals surface area contributed by atoms with Gasteiger partial charge in [-0.1, -0.05) is 125 Å². The van der Waals surface area contributed by atoms with E-state index in [2.05, 4.69) is 34.9 Å². The number of esters is 3. The summed E-state index contributed by atoms with van der Waals surface area (Å²) in [5.41, 5.74) is 6.03. The molecule has 1 aliphatic heterocycles. The van der Waals surface area contributed by atoms with Gasteiger partial charge in [0.1, 0.15) is 12.2 Å². The van der Waals surface area contributed by atoms with Gasteiger partial charge in [-0.25, -0.2) is 0 Å². The van der Waals surface area contributed by atoms with E-state index in [1.165, 1.54) is 71.1 Å². The van der Waals surface area contributed by atoms with Crippen molar-refractivity contribution in [3.8, 4) is 0 Å². The molecule has 1 rings (SSSR count). The van der Waals surface area contributed by atoms with Crippen LogP contribution in [0.4, 0.5) is 0 Å². The monoisotopic (exact) mass is 824 g/mol. The number of likely N-dealkylation sites (tertiary alicyclic amines) is 1. The fraction of sp³-hybridized carbons (Fsp3) is 0.917. The van der Waals surface area contributed by atoms with E-state index in [0.717, 1.165) is 62.5 Å². The van der Waals surface area contributed by atoms with Crippen LogP contribution in [-0.4, -0.2) is 85.5 Å². The second-order valence-electron chi connectivity index (χ2n) is 18.7. The van der Waals surface area contributed by atoms with Crippen LogP contribution in [0.15, 0.2) is 0 Å². The lowest BCUT2D eigenvalue weighted by Gasteiger charge is -2.26. The molecule has 0 aromatic rings. The summed E-state index contributed by atoms with van der Waals surface area (Å²) in [5, 5.41) is 10.7. The van der Waals surface area contributed by atoms with Crippen molar-refractivity contribution < 1.29 is 43.0 Å². The average Bonchev–Trinajstić information content (AvgIpc) is 3.45. The lowest BCUT2D eigenvalue weighted by molar-refractivity contribution is -0.880. The second kappa shape index (κ2) is 31.6. The van der Waals surface area contributed by atoms with Crippen molar-refractivity contribution >= 4 is 23.8 Å². The molecule has 1 heterocycles. The quantitative estimate of drug-likeness (QED) is 0.0275. The van der Waals surface area contributed by atoms with E-state index in [0.29, 0.717) is 44.1 Å². The van der Waals surface area contributed by atoms with Crippen LogP contribution in [0.1, 0.15) is 202 Å². The molecule has 0 spiro atoms. The Labute approximate surface area is 355 Å². The van der Waals surface area contributed by atoms with E-state index in [1.807, 2.05) is 13.8 Å². The summed E-state index contributed by atoms with van der Waals surface area (Å²) in [6, 6.07) is 0. The highest BCUT2D eigenvalue weighted by Gasteiger charge is 2.40. The fourth-order valence-corrected chi connectivity index (χ4v) is 9.24. The summed E-state index contributed by atoms with van der Waals surface area (Å²) in [4.78, 5) is 52.2. The number of unbranched alkanes of at least 4 members (excludes halogenated alkanes) is 9. The lowest BCUT2D eigenvalue weighted by Crippen LogP contribution is -2.37. The van der Waals surface area contributed by atoms with Crippen LogP contribution in [0.3, 0.4) is 0 Å². The first kappa shape index (κ1) is 53.8. The predicted molar refractivity (Wildman–Crippen MR) is 235 cm³/mol. The normalized spacial score (nSPS) is 19.5. The Morgan fingerprint density at radius 1 is 0.655 bits per heavy atom. The van der Waals surface area contributed by atoms with Crippen LogP contribution < -0.4 is 5.73 Å². The van der Waals surface area contributed by atoms with Crippen LogP contribution in [0.2, 0.25) is 0 Å². The Morgan fingerprint density at radius 3 is 1.81 bits per heavy atom. The zero-order valence-corrected chi connectivity index (χ0v) is 38.7. The van der Waals surface area contributed by atoms with Gasteiger partial charge in [0.05, 0.1) is 52.2 Å². The SMILES string of the molecule is CCCCCCCCCCCC1C[N+](C)(C)CC1CCC(CCC(CC(=O)OC(CC(O)CCC)CC(CCC)OC(C)=O)C(=O)OCC(CC)CCCC)C(N)=O. The number of amides is 1. The number of nitrogens with two attached hydrogens (primary N) is 1. The molecule has 0 bridgehead atoms. The van der Waals surface area contributed by atoms with E-state index in [-0.39, 0.29) is 37.5 Å². The predicted octanol–water partition coefficient (Wildman–Crippen LogP) is 10.2. The number of primary amides is 1. The Hall–Kier alpha value is -2.20. The summed E-state index contributed by atoms with van der Waals surface area (Å²) in [6.07, 6.45) is 20.6. The highest BCUT2D eigenvalue weighted by molar-refractivity contribution is 5.80. The minimum absolute atomic E-state index is 0.197. The summed E-state index contributed by atoms with van der Waals surface area (Å²) in [6.45, 7) is 14.4. The number of ether oxygens (including phenoxy) is 3. The maximum atomic E-state index is 13.7. The Bertz CT molecular complexity index is 1120. The van der Waals surface area contributed by atoms with Crippen LogP contribution in [0, 0.1) is 29.6 Å². The molecule has 3 N–H and O–H groups in total. The van der Waals surface area contributed by atoms with Gasteiger partial charge in [0.15, 0.2) is 0 Å². The summed E-state index contributed by atoms with van der Waals surface area (Å²) >= 11 is 0. The Kier molecular flexibility index (Phi) is 29.4. The van der Waals surface area contributed by atoms with E-state index in [1.54, 1.807) is 0 Å². The minimum atomic E-state index is -0.791. The van der Waals surface area contributed by atoms with Gasteiger partial charge >= 0.3 is 17.9 Å². The van der Waals surface area contributed by atoms with Crippen molar-refractivity contribution in [2.75, 3.05) is 33.8 Å². The number of carbonyl (C=O) groups excluding carboxylic acids is 4. The molecule has 0 radical (unpaired) electrons. The largest absolute Gasteiger partial charge is 0.465 e. The van der Waals surface area contributed by atoms with E-state index in [9.17, 15) is 24.3 Å². The molecule has 0 aliphatic carbocycles. The number of rotatable bonds is 36. The zero-order valence-electron chi connectivity index (χ0n) is 38.7. The smallest absolute Gasteiger partial charge is 0.309 e. The first-order valence-electron chi connectivity index (χ1n) is 24.0. The number of aliphatic hydroxyl groups excluding tert-OH is 1. The molecular weight excluding hydrogens is 733 g/mol. The van der Waals surface area contributed by atoms with Gasteiger partial charge < -0.3 is 29.5 Å². The van der Waals surface area contributed by atoms with Crippen LogP contribution in [0.5, 0.6) is 0 Å². The molecule has 1 fully saturated rings. The zero-order chi connectivity index (χ0) is 43.3. The molecule has 340 valence electrons. The van der Waals surface area contributed by atoms with Crippen molar-refractivity contribution in [2.24, 2.45) is 35.3 Å². The van der Waals surface area contributed by atoms with E-state index < -0.39 is 48.1 Å². The summed E-state index contributed by atoms with van der Waals surface area (Å²) < 4.78 is 18.4. The highest BCUT2D eigenvalue weighted by atomic mass is 16.6. The molecule has 1 saturated heterocycles. The van der Waals surface area contributed by atoms with Crippen LogP contribution in [0.25, 0.3) is 0 Å². The molecular formula is C48H91N2O8+. The van der Waals surface area contributed by atoms with Gasteiger partial charge in [-0.3, -0.25) is 19.2 Å². The molecule has 8 atom stereocenters. The number of hydrogen-bond acceptors (Lipinski definition) is 8. The number of aliphatic hydroxyl groups is 1. The number of nitrogens with zero attached hydrogens (tertiary/aromatic N) is 1. The van der Waals surface area contributed by atoms with Crippen molar-refractivity contribution in [3.05, 3.63) is 0 Å². The standard InChI is InChI=1S/C48H90N2O8/c1-9-14-16-17-18-19-20-21-22-26-41-34-50(7,8)35-42(41)30-28-39(47(49)54)27-29-40(48(55)56-36-38(13-5)25-15-10-2)31-46(53)58-45(32-43(52)23-11-3)33-44(24-12-4)57-37(6)51/h38-45,52H,9-36H2,1-8H3,(H-,49,54)/p+1. The van der Waals surface area contributed by atoms with Crippen molar-refractivity contribution in [1.29, 1.82) is 0 Å². The lowest BCUT2D eigenvalue weighted by atomic mass is 9.83. The molecule has 58 heavy (non-hydrogen) atoms. The van der Waals surface area contributed by atoms with Gasteiger partial charge in [0, 0.05) is 37.5 Å². The third-order valence-electron chi connectivity index (χ3n) is 12.6. The molecule has 10 heteroatoms. The molecule has 10 nitrogen and oxygen atoms in total. The summed E-state index contributed by atoms with van der Waals surface area (Å²) in [5.74, 6) is -1.57. The number of carbonyl (C=O) groups is 4. The highest BCUT2D eigenvalue weighted by Crippen LogP contribution is 2.36. The second-order valence-corrected chi connectivity index (χ2v) is 18.7. The Balaban J connectivity index is 3.04. The van der Waals surface area contributed by atoms with Crippen molar-refractivity contribution in [2.45, 2.75) is 220 Å². The minimum Gasteiger partial charge on any atom is -0.465 e. The van der Waals surface area contributed by atoms with Gasteiger partial charge in [-0.05, 0) is 57.3 Å². The third kappa shape index (κ3) is 24.8. The molecule has 0 aromatic heterocycles. The van der Waals surface area contributed by atoms with Crippen molar-refractivity contribution in [1.82, 2.24) is 0 Å².